The van der Waals surface area contributed by atoms with Crippen molar-refractivity contribution < 1.29 is 14.3 Å². The number of ether oxygens (including phenoxy) is 2. The molecule has 110 valence electrons. The van der Waals surface area contributed by atoms with E-state index in [1.165, 1.54) is 11.8 Å². The number of carbonyl (C=O) groups is 1. The summed E-state index contributed by atoms with van der Waals surface area (Å²) in [7, 11) is 1.54. The smallest absolute Gasteiger partial charge is 0.324 e. The van der Waals surface area contributed by atoms with Crippen LogP contribution in [0.1, 0.15) is 6.92 Å². The number of halogens is 1. The van der Waals surface area contributed by atoms with Gasteiger partial charge in [-0.1, -0.05) is 23.7 Å². The van der Waals surface area contributed by atoms with E-state index in [-0.39, 0.29) is 11.2 Å². The maximum Gasteiger partial charge on any atom is 0.324 e. The number of para-hydroxylation sites is 2. The quantitative estimate of drug-likeness (QED) is 0.463. The third kappa shape index (κ3) is 4.41. The Bertz CT molecular complexity index is 613. The van der Waals surface area contributed by atoms with Gasteiger partial charge in [-0.2, -0.15) is 0 Å². The molecule has 2 aromatic carbocycles. The Kier molecular flexibility index (Phi) is 5.53. The highest BCUT2D eigenvalue weighted by molar-refractivity contribution is 8.00. The Balaban J connectivity index is 2.01. The normalized spacial score (nSPS) is 11.8. The second-order valence-corrected chi connectivity index (χ2v) is 6.14. The van der Waals surface area contributed by atoms with Gasteiger partial charge < -0.3 is 9.47 Å². The topological polar surface area (TPSA) is 35.5 Å². The summed E-state index contributed by atoms with van der Waals surface area (Å²) in [5, 5.41) is 0.333. The van der Waals surface area contributed by atoms with Crippen LogP contribution in [0.3, 0.4) is 0 Å². The Morgan fingerprint density at radius 3 is 2.33 bits per heavy atom. The lowest BCUT2D eigenvalue weighted by Gasteiger charge is -2.13. The molecule has 0 amide bonds. The zero-order valence-electron chi connectivity index (χ0n) is 11.7. The summed E-state index contributed by atoms with van der Waals surface area (Å²) in [6.07, 6.45) is 0. The summed E-state index contributed by atoms with van der Waals surface area (Å²) in [5.41, 5.74) is 0. The molecule has 2 rings (SSSR count). The van der Waals surface area contributed by atoms with Crippen molar-refractivity contribution in [1.29, 1.82) is 0 Å². The largest absolute Gasteiger partial charge is 0.493 e. The molecule has 0 radical (unpaired) electrons. The van der Waals surface area contributed by atoms with Crippen LogP contribution >= 0.6 is 23.4 Å². The monoisotopic (exact) mass is 322 g/mol. The summed E-state index contributed by atoms with van der Waals surface area (Å²) in [6, 6.07) is 14.4. The van der Waals surface area contributed by atoms with Crippen molar-refractivity contribution in [1.82, 2.24) is 0 Å². The first-order chi connectivity index (χ1) is 10.1. The van der Waals surface area contributed by atoms with Gasteiger partial charge in [0.05, 0.1) is 7.11 Å². The number of carbonyl (C=O) groups excluding carboxylic acids is 1. The molecule has 0 N–H and O–H groups in total. The van der Waals surface area contributed by atoms with Gasteiger partial charge in [-0.05, 0) is 43.3 Å². The molecule has 3 nitrogen and oxygen atoms in total. The molecule has 0 saturated carbocycles. The molecular weight excluding hydrogens is 308 g/mol. The maximum absolute atomic E-state index is 12.1. The number of esters is 1. The van der Waals surface area contributed by atoms with E-state index in [4.69, 9.17) is 21.1 Å². The van der Waals surface area contributed by atoms with Gasteiger partial charge >= 0.3 is 5.97 Å². The first-order valence-electron chi connectivity index (χ1n) is 6.37. The van der Waals surface area contributed by atoms with Crippen LogP contribution in [0.15, 0.2) is 53.4 Å². The van der Waals surface area contributed by atoms with E-state index >= 15 is 0 Å². The second-order valence-electron chi connectivity index (χ2n) is 4.29. The molecular formula is C16H15ClO3S. The van der Waals surface area contributed by atoms with Crippen LogP contribution < -0.4 is 9.47 Å². The van der Waals surface area contributed by atoms with Crippen molar-refractivity contribution in [3.63, 3.8) is 0 Å². The fourth-order valence-electron chi connectivity index (χ4n) is 1.66. The van der Waals surface area contributed by atoms with Gasteiger partial charge in [0.1, 0.15) is 5.25 Å². The lowest BCUT2D eigenvalue weighted by Crippen LogP contribution is -2.20. The number of hydrogen-bond donors (Lipinski definition) is 0. The summed E-state index contributed by atoms with van der Waals surface area (Å²) in [5.74, 6) is 0.641. The van der Waals surface area contributed by atoms with Crippen molar-refractivity contribution in [2.24, 2.45) is 0 Å². The van der Waals surface area contributed by atoms with Crippen LogP contribution in [0.2, 0.25) is 5.02 Å². The molecule has 5 heteroatoms. The van der Waals surface area contributed by atoms with Crippen molar-refractivity contribution in [2.75, 3.05) is 7.11 Å². The van der Waals surface area contributed by atoms with Crippen molar-refractivity contribution in [2.45, 2.75) is 17.1 Å². The minimum absolute atomic E-state index is 0.320. The molecule has 0 spiro atoms. The maximum atomic E-state index is 12.1. The van der Waals surface area contributed by atoms with Gasteiger partial charge in [-0.25, -0.2) is 0 Å². The van der Waals surface area contributed by atoms with Crippen molar-refractivity contribution >= 4 is 29.3 Å². The summed E-state index contributed by atoms with van der Waals surface area (Å²) < 4.78 is 10.5. The number of thioether (sulfide) groups is 1. The van der Waals surface area contributed by atoms with Crippen molar-refractivity contribution in [3.8, 4) is 11.5 Å². The molecule has 21 heavy (non-hydrogen) atoms. The molecule has 1 atom stereocenters. The molecule has 0 bridgehead atoms. The van der Waals surface area contributed by atoms with Crippen LogP contribution in [0.4, 0.5) is 0 Å². The molecule has 0 aliphatic heterocycles. The predicted octanol–water partition coefficient (Wildman–Crippen LogP) is 4.43. The average Bonchev–Trinajstić information content (AvgIpc) is 2.50. The van der Waals surface area contributed by atoms with E-state index in [2.05, 4.69) is 0 Å². The van der Waals surface area contributed by atoms with E-state index in [0.29, 0.717) is 16.5 Å². The average molecular weight is 323 g/mol. The van der Waals surface area contributed by atoms with Crippen LogP contribution in [0.25, 0.3) is 0 Å². The molecule has 0 saturated heterocycles. The van der Waals surface area contributed by atoms with Gasteiger partial charge in [-0.3, -0.25) is 4.79 Å². The van der Waals surface area contributed by atoms with Gasteiger partial charge in [0.2, 0.25) is 0 Å². The van der Waals surface area contributed by atoms with E-state index in [9.17, 15) is 4.79 Å². The highest BCUT2D eigenvalue weighted by atomic mass is 35.5. The van der Waals surface area contributed by atoms with Gasteiger partial charge in [-0.15, -0.1) is 11.8 Å². The van der Waals surface area contributed by atoms with Crippen LogP contribution in [-0.4, -0.2) is 18.3 Å². The minimum atomic E-state index is -0.337. The third-order valence-corrected chi connectivity index (χ3v) is 4.08. The fourth-order valence-corrected chi connectivity index (χ4v) is 2.63. The van der Waals surface area contributed by atoms with E-state index < -0.39 is 0 Å². The Morgan fingerprint density at radius 2 is 1.71 bits per heavy atom. The minimum Gasteiger partial charge on any atom is -0.493 e. The molecule has 0 aliphatic rings. The van der Waals surface area contributed by atoms with Gasteiger partial charge in [0.15, 0.2) is 11.5 Å². The molecule has 1 unspecified atom stereocenters. The van der Waals surface area contributed by atoms with Gasteiger partial charge in [0, 0.05) is 9.92 Å². The lowest BCUT2D eigenvalue weighted by molar-refractivity contribution is -0.133. The molecule has 0 fully saturated rings. The highest BCUT2D eigenvalue weighted by Gasteiger charge is 2.18. The zero-order chi connectivity index (χ0) is 15.2. The van der Waals surface area contributed by atoms with Crippen LogP contribution in [0.5, 0.6) is 11.5 Å². The lowest BCUT2D eigenvalue weighted by atomic mass is 10.3. The summed E-state index contributed by atoms with van der Waals surface area (Å²) in [6.45, 7) is 1.80. The second kappa shape index (κ2) is 7.38. The first-order valence-corrected chi connectivity index (χ1v) is 7.63. The highest BCUT2D eigenvalue weighted by Crippen LogP contribution is 2.29. The van der Waals surface area contributed by atoms with E-state index in [0.717, 1.165) is 4.90 Å². The summed E-state index contributed by atoms with van der Waals surface area (Å²) in [4.78, 5) is 13.1. The zero-order valence-corrected chi connectivity index (χ0v) is 13.3. The predicted molar refractivity (Wildman–Crippen MR) is 85.4 cm³/mol. The van der Waals surface area contributed by atoms with Crippen molar-refractivity contribution in [3.05, 3.63) is 53.6 Å². The number of rotatable bonds is 5. The standard InChI is InChI=1S/C16H15ClO3S/c1-11(21-13-9-7-12(17)8-10-13)16(18)20-15-6-4-3-5-14(15)19-2/h3-11H,1-2H3. The molecule has 0 aromatic heterocycles. The van der Waals surface area contributed by atoms with Crippen LogP contribution in [-0.2, 0) is 4.79 Å². The number of hydrogen-bond acceptors (Lipinski definition) is 4. The van der Waals surface area contributed by atoms with Gasteiger partial charge in [0.25, 0.3) is 0 Å². The number of methoxy groups -OCH3 is 1. The Labute approximate surface area is 133 Å². The van der Waals surface area contributed by atoms with Crippen LogP contribution in [0, 0.1) is 0 Å². The molecule has 0 aliphatic carbocycles. The molecule has 2 aromatic rings. The number of benzene rings is 2. The molecule has 0 heterocycles. The Hall–Kier alpha value is -1.65. The third-order valence-electron chi connectivity index (χ3n) is 2.74. The first kappa shape index (κ1) is 15.7. The Morgan fingerprint density at radius 1 is 1.10 bits per heavy atom. The van der Waals surface area contributed by atoms with E-state index in [1.54, 1.807) is 44.4 Å². The summed E-state index contributed by atoms with van der Waals surface area (Å²) >= 11 is 7.26. The SMILES string of the molecule is COc1ccccc1OC(=O)C(C)Sc1ccc(Cl)cc1. The van der Waals surface area contributed by atoms with E-state index in [1.807, 2.05) is 18.2 Å². The fraction of sp³-hybridized carbons (Fsp3) is 0.188.